The molecule has 0 bridgehead atoms. The highest BCUT2D eigenvalue weighted by Gasteiger charge is 2.25. The summed E-state index contributed by atoms with van der Waals surface area (Å²) in [7, 11) is 0. The van der Waals surface area contributed by atoms with Crippen LogP contribution in [0, 0.1) is 0 Å². The number of hydrogen-bond donors (Lipinski definition) is 0. The molecule has 6 rings (SSSR count). The molecule has 180 valence electrons. The lowest BCUT2D eigenvalue weighted by Gasteiger charge is -2.18. The minimum absolute atomic E-state index is 0.855. The third-order valence-corrected chi connectivity index (χ3v) is 8.04. The van der Waals surface area contributed by atoms with E-state index in [1.54, 1.807) is 0 Å². The zero-order chi connectivity index (χ0) is 24.6. The smallest absolute Gasteiger partial charge is 0.374 e. The molecular formula is C31H30N3OS+. The second-order valence-electron chi connectivity index (χ2n) is 8.84. The maximum atomic E-state index is 6.22. The van der Waals surface area contributed by atoms with Crippen LogP contribution < -0.4 is 9.47 Å². The number of thioether (sulfide) groups is 1. The van der Waals surface area contributed by atoms with Crippen LogP contribution in [0.1, 0.15) is 38.0 Å². The molecule has 0 spiro atoms. The van der Waals surface area contributed by atoms with Gasteiger partial charge in [0.05, 0.1) is 22.5 Å². The third kappa shape index (κ3) is 3.66. The molecule has 0 amide bonds. The minimum Gasteiger partial charge on any atom is -0.398 e. The molecule has 0 N–H and O–H groups in total. The Kier molecular flexibility index (Phi) is 5.94. The van der Waals surface area contributed by atoms with Crippen molar-refractivity contribution >= 4 is 57.5 Å². The van der Waals surface area contributed by atoms with Crippen LogP contribution in [0.5, 0.6) is 0 Å². The van der Waals surface area contributed by atoms with Crippen molar-refractivity contribution in [3.63, 3.8) is 0 Å². The van der Waals surface area contributed by atoms with Crippen molar-refractivity contribution in [2.45, 2.75) is 38.8 Å². The molecule has 2 aromatic heterocycles. The van der Waals surface area contributed by atoms with Gasteiger partial charge in [0.25, 0.3) is 5.52 Å². The number of aromatic nitrogens is 2. The van der Waals surface area contributed by atoms with E-state index in [4.69, 9.17) is 4.42 Å². The Balaban J connectivity index is 1.49. The monoisotopic (exact) mass is 492 g/mol. The zero-order valence-electron chi connectivity index (χ0n) is 20.9. The Bertz CT molecular complexity index is 1640. The fourth-order valence-electron chi connectivity index (χ4n) is 5.28. The second kappa shape index (κ2) is 9.40. The van der Waals surface area contributed by atoms with Crippen LogP contribution in [0.25, 0.3) is 40.1 Å². The van der Waals surface area contributed by atoms with Gasteiger partial charge >= 0.3 is 5.89 Å². The van der Waals surface area contributed by atoms with E-state index in [2.05, 4.69) is 114 Å². The van der Waals surface area contributed by atoms with Crippen LogP contribution in [0.2, 0.25) is 0 Å². The average Bonchev–Trinajstić information content (AvgIpc) is 3.56. The van der Waals surface area contributed by atoms with Crippen molar-refractivity contribution in [3.05, 3.63) is 95.1 Å². The summed E-state index contributed by atoms with van der Waals surface area (Å²) in [5.74, 6) is 0.866. The van der Waals surface area contributed by atoms with Crippen molar-refractivity contribution in [1.29, 1.82) is 0 Å². The number of anilines is 1. The number of para-hydroxylation sites is 3. The Morgan fingerprint density at radius 2 is 1.53 bits per heavy atom. The first kappa shape index (κ1) is 22.7. The predicted octanol–water partition coefficient (Wildman–Crippen LogP) is 7.82. The fourth-order valence-corrected chi connectivity index (χ4v) is 6.45. The lowest BCUT2D eigenvalue weighted by Crippen LogP contribution is -2.33. The molecule has 3 aromatic carbocycles. The first-order valence-corrected chi connectivity index (χ1v) is 13.5. The molecule has 0 radical (unpaired) electrons. The van der Waals surface area contributed by atoms with Gasteiger partial charge in [0.15, 0.2) is 0 Å². The van der Waals surface area contributed by atoms with E-state index in [1.807, 2.05) is 23.9 Å². The first-order valence-electron chi connectivity index (χ1n) is 12.7. The van der Waals surface area contributed by atoms with Gasteiger partial charge in [-0.15, -0.1) is 0 Å². The number of hydrogen-bond acceptors (Lipinski definition) is 3. The minimum atomic E-state index is 0.855. The number of fused-ring (bicyclic) bond motifs is 3. The van der Waals surface area contributed by atoms with Gasteiger partial charge in [-0.05, 0) is 51.1 Å². The maximum absolute atomic E-state index is 6.22. The highest BCUT2D eigenvalue weighted by molar-refractivity contribution is 8.03. The van der Waals surface area contributed by atoms with Crippen LogP contribution in [0.4, 0.5) is 5.69 Å². The van der Waals surface area contributed by atoms with E-state index in [-0.39, 0.29) is 0 Å². The summed E-state index contributed by atoms with van der Waals surface area (Å²) in [6.07, 6.45) is 6.70. The Morgan fingerprint density at radius 1 is 0.806 bits per heavy atom. The normalized spacial score (nSPS) is 14.6. The molecule has 1 aliphatic rings. The Morgan fingerprint density at radius 3 is 2.31 bits per heavy atom. The zero-order valence-corrected chi connectivity index (χ0v) is 21.8. The molecule has 5 heteroatoms. The van der Waals surface area contributed by atoms with Gasteiger partial charge in [0, 0.05) is 40.5 Å². The number of aryl methyl sites for hydroxylation is 1. The largest absolute Gasteiger partial charge is 0.398 e. The summed E-state index contributed by atoms with van der Waals surface area (Å²) >= 11 is 1.86. The molecule has 3 heterocycles. The number of benzene rings is 3. The van der Waals surface area contributed by atoms with Crippen molar-refractivity contribution < 1.29 is 8.98 Å². The second-order valence-corrected chi connectivity index (χ2v) is 9.90. The summed E-state index contributed by atoms with van der Waals surface area (Å²) in [6, 6.07) is 25.6. The molecule has 36 heavy (non-hydrogen) atoms. The van der Waals surface area contributed by atoms with Crippen LogP contribution in [0.3, 0.4) is 0 Å². The van der Waals surface area contributed by atoms with Crippen LogP contribution >= 0.6 is 11.8 Å². The summed E-state index contributed by atoms with van der Waals surface area (Å²) in [4.78, 5) is 3.73. The summed E-state index contributed by atoms with van der Waals surface area (Å²) in [6.45, 7) is 9.28. The molecule has 0 unspecified atom stereocenters. The first-order chi connectivity index (χ1) is 17.7. The number of oxazole rings is 1. The molecule has 5 aromatic rings. The van der Waals surface area contributed by atoms with Crippen LogP contribution in [0.15, 0.2) is 87.1 Å². The molecule has 0 fully saturated rings. The van der Waals surface area contributed by atoms with E-state index in [0.717, 1.165) is 36.6 Å². The Hall–Kier alpha value is -3.70. The quantitative estimate of drug-likeness (QED) is 0.226. The van der Waals surface area contributed by atoms with E-state index >= 15 is 0 Å². The van der Waals surface area contributed by atoms with Crippen molar-refractivity contribution in [2.75, 3.05) is 11.4 Å². The van der Waals surface area contributed by atoms with E-state index in [1.165, 1.54) is 37.8 Å². The molecule has 0 aliphatic carbocycles. The molecule has 1 aliphatic heterocycles. The fraction of sp³-hybridized carbons (Fsp3) is 0.194. The van der Waals surface area contributed by atoms with E-state index < -0.39 is 0 Å². The molecule has 0 saturated heterocycles. The maximum Gasteiger partial charge on any atom is 0.374 e. The van der Waals surface area contributed by atoms with Gasteiger partial charge in [-0.2, -0.15) is 4.57 Å². The van der Waals surface area contributed by atoms with Gasteiger partial charge in [-0.3, -0.25) is 0 Å². The van der Waals surface area contributed by atoms with E-state index in [9.17, 15) is 0 Å². The number of rotatable bonds is 6. The third-order valence-electron chi connectivity index (χ3n) is 6.93. The van der Waals surface area contributed by atoms with Crippen molar-refractivity contribution in [2.24, 2.45) is 0 Å². The average molecular weight is 493 g/mol. The molecule has 0 atom stereocenters. The predicted molar refractivity (Wildman–Crippen MR) is 152 cm³/mol. The van der Waals surface area contributed by atoms with Crippen molar-refractivity contribution in [3.8, 4) is 0 Å². The highest BCUT2D eigenvalue weighted by Crippen LogP contribution is 2.46. The van der Waals surface area contributed by atoms with Gasteiger partial charge in [-0.1, -0.05) is 60.3 Å². The molecule has 0 saturated carbocycles. The standard InChI is InChI=1S/C31H30N3OS/c1-4-32-24(19-20-30-33(5-2)25-15-9-11-17-28(25)35-30)22-13-7-8-14-23(22)27(32)21-31-34(6-3)26-16-10-12-18-29(26)36-31/h7-21H,4-6H2,1-3H3/q+1. The van der Waals surface area contributed by atoms with Gasteiger partial charge in [-0.25, -0.2) is 0 Å². The SMILES string of the molecule is CCN1/C(=C/c2c3ccccc3c(/C=C/c3oc4ccccc4[n+]3CC)n2CC)Sc2ccccc21. The lowest BCUT2D eigenvalue weighted by atomic mass is 10.1. The Labute approximate surface area is 216 Å². The topological polar surface area (TPSA) is 25.2 Å². The molecular weight excluding hydrogens is 462 g/mol. The highest BCUT2D eigenvalue weighted by atomic mass is 32.2. The number of nitrogens with zero attached hydrogens (tertiary/aromatic N) is 3. The van der Waals surface area contributed by atoms with Gasteiger partial charge in [0.1, 0.15) is 6.54 Å². The van der Waals surface area contributed by atoms with Gasteiger partial charge < -0.3 is 13.9 Å². The molecule has 4 nitrogen and oxygen atoms in total. The summed E-state index contributed by atoms with van der Waals surface area (Å²) in [5, 5.41) is 3.80. The van der Waals surface area contributed by atoms with E-state index in [0.29, 0.717) is 0 Å². The summed E-state index contributed by atoms with van der Waals surface area (Å²) in [5.41, 5.74) is 5.78. The van der Waals surface area contributed by atoms with Crippen LogP contribution in [-0.2, 0) is 13.1 Å². The van der Waals surface area contributed by atoms with Crippen LogP contribution in [-0.4, -0.2) is 11.1 Å². The lowest BCUT2D eigenvalue weighted by molar-refractivity contribution is -0.674. The summed E-state index contributed by atoms with van der Waals surface area (Å²) < 4.78 is 10.9. The van der Waals surface area contributed by atoms with Crippen molar-refractivity contribution in [1.82, 2.24) is 4.57 Å². The van der Waals surface area contributed by atoms with Gasteiger partial charge in [0.2, 0.25) is 5.58 Å².